The molecule has 0 atom stereocenters. The lowest BCUT2D eigenvalue weighted by atomic mass is 10.1. The predicted molar refractivity (Wildman–Crippen MR) is 108 cm³/mol. The topological polar surface area (TPSA) is 97.6 Å². The van der Waals surface area contributed by atoms with Crippen LogP contribution in [0.1, 0.15) is 20.7 Å². The highest BCUT2D eigenvalue weighted by Gasteiger charge is 2.17. The van der Waals surface area contributed by atoms with Crippen molar-refractivity contribution in [3.8, 4) is 5.75 Å². The number of carbonyl (C=O) groups excluding carboxylic acids is 2. The van der Waals surface area contributed by atoms with E-state index in [4.69, 9.17) is 4.74 Å². The fraction of sp³-hybridized carbons (Fsp3) is 0.0476. The van der Waals surface area contributed by atoms with Gasteiger partial charge in [0.1, 0.15) is 11.3 Å². The molecule has 0 aliphatic rings. The monoisotopic (exact) mass is 387 g/mol. The highest BCUT2D eigenvalue weighted by molar-refractivity contribution is 6.09. The molecule has 0 saturated heterocycles. The Morgan fingerprint density at radius 1 is 1.00 bits per heavy atom. The first-order valence-corrected chi connectivity index (χ1v) is 8.80. The molecule has 0 saturated carbocycles. The largest absolute Gasteiger partial charge is 0.495 e. The third-order valence-corrected chi connectivity index (χ3v) is 4.27. The summed E-state index contributed by atoms with van der Waals surface area (Å²) in [5, 5.41) is 9.70. The molecule has 0 fully saturated rings. The molecule has 2 heterocycles. The minimum Gasteiger partial charge on any atom is -0.495 e. The van der Waals surface area contributed by atoms with E-state index in [-0.39, 0.29) is 11.8 Å². The summed E-state index contributed by atoms with van der Waals surface area (Å²) < 4.78 is 6.88. The summed E-state index contributed by atoms with van der Waals surface area (Å²) in [7, 11) is 1.47. The normalized spacial score (nSPS) is 10.5. The van der Waals surface area contributed by atoms with E-state index in [0.717, 1.165) is 0 Å². The van der Waals surface area contributed by atoms with Gasteiger partial charge in [-0.2, -0.15) is 5.10 Å². The van der Waals surface area contributed by atoms with E-state index >= 15 is 0 Å². The summed E-state index contributed by atoms with van der Waals surface area (Å²) in [6, 6.07) is 15.7. The van der Waals surface area contributed by atoms with Crippen molar-refractivity contribution in [2.24, 2.45) is 0 Å². The fourth-order valence-electron chi connectivity index (χ4n) is 2.84. The van der Waals surface area contributed by atoms with Gasteiger partial charge < -0.3 is 15.4 Å². The lowest BCUT2D eigenvalue weighted by molar-refractivity contribution is 0.102. The van der Waals surface area contributed by atoms with Gasteiger partial charge in [-0.05, 0) is 36.4 Å². The molecular weight excluding hydrogens is 370 g/mol. The molecule has 8 heteroatoms. The number of ether oxygens (including phenoxy) is 1. The van der Waals surface area contributed by atoms with Gasteiger partial charge in [-0.3, -0.25) is 9.59 Å². The van der Waals surface area contributed by atoms with Crippen molar-refractivity contribution in [3.05, 3.63) is 84.3 Å². The molecule has 0 bridgehead atoms. The van der Waals surface area contributed by atoms with Gasteiger partial charge in [-0.25, -0.2) is 9.50 Å². The minimum absolute atomic E-state index is 0.279. The van der Waals surface area contributed by atoms with Crippen molar-refractivity contribution < 1.29 is 14.3 Å². The number of fused-ring (bicyclic) bond motifs is 1. The summed E-state index contributed by atoms with van der Waals surface area (Å²) in [5.74, 6) is -0.291. The Kier molecular flexibility index (Phi) is 4.90. The minimum atomic E-state index is -0.376. The van der Waals surface area contributed by atoms with Gasteiger partial charge in [-0.15, -0.1) is 0 Å². The SMILES string of the molecule is COc1cc(C(=O)Nc2ccccc2)ccc1NC(=O)c1cnn2cccnc12. The lowest BCUT2D eigenvalue weighted by Gasteiger charge is -2.12. The Balaban J connectivity index is 1.55. The van der Waals surface area contributed by atoms with Gasteiger partial charge in [0.2, 0.25) is 0 Å². The van der Waals surface area contributed by atoms with Crippen molar-refractivity contribution in [3.63, 3.8) is 0 Å². The van der Waals surface area contributed by atoms with Crippen LogP contribution in [0.15, 0.2) is 73.2 Å². The average Bonchev–Trinajstić information content (AvgIpc) is 3.19. The third-order valence-electron chi connectivity index (χ3n) is 4.27. The van der Waals surface area contributed by atoms with Crippen molar-refractivity contribution >= 4 is 28.8 Å². The van der Waals surface area contributed by atoms with Crippen molar-refractivity contribution in [2.75, 3.05) is 17.7 Å². The number of methoxy groups -OCH3 is 1. The van der Waals surface area contributed by atoms with E-state index in [1.807, 2.05) is 18.2 Å². The molecule has 0 aliphatic carbocycles. The number of para-hydroxylation sites is 1. The molecule has 144 valence electrons. The molecule has 2 amide bonds. The second-order valence-corrected chi connectivity index (χ2v) is 6.14. The highest BCUT2D eigenvalue weighted by atomic mass is 16.5. The fourth-order valence-corrected chi connectivity index (χ4v) is 2.84. The Morgan fingerprint density at radius 2 is 1.83 bits per heavy atom. The van der Waals surface area contributed by atoms with Crippen LogP contribution in [0.3, 0.4) is 0 Å². The molecule has 4 aromatic rings. The van der Waals surface area contributed by atoms with Crippen LogP contribution in [0.25, 0.3) is 5.65 Å². The Hall–Kier alpha value is -4.20. The Labute approximate surface area is 166 Å². The number of carbonyl (C=O) groups is 2. The molecule has 0 spiro atoms. The summed E-state index contributed by atoms with van der Waals surface area (Å²) in [6.07, 6.45) is 4.75. The maximum absolute atomic E-state index is 12.7. The van der Waals surface area contributed by atoms with Crippen LogP contribution < -0.4 is 15.4 Å². The van der Waals surface area contributed by atoms with Crippen molar-refractivity contribution in [1.29, 1.82) is 0 Å². The number of hydrogen-bond donors (Lipinski definition) is 2. The highest BCUT2D eigenvalue weighted by Crippen LogP contribution is 2.27. The first kappa shape index (κ1) is 18.2. The van der Waals surface area contributed by atoms with Crippen molar-refractivity contribution in [2.45, 2.75) is 0 Å². The molecule has 0 radical (unpaired) electrons. The maximum atomic E-state index is 12.7. The quantitative estimate of drug-likeness (QED) is 0.548. The zero-order chi connectivity index (χ0) is 20.2. The molecule has 0 aliphatic heterocycles. The number of anilines is 2. The lowest BCUT2D eigenvalue weighted by Crippen LogP contribution is -2.15. The first-order chi connectivity index (χ1) is 14.2. The zero-order valence-electron chi connectivity index (χ0n) is 15.5. The van der Waals surface area contributed by atoms with E-state index in [1.54, 1.807) is 48.8 Å². The van der Waals surface area contributed by atoms with Crippen LogP contribution in [-0.4, -0.2) is 33.5 Å². The third kappa shape index (κ3) is 3.77. The summed E-state index contributed by atoms with van der Waals surface area (Å²) in [6.45, 7) is 0. The van der Waals surface area contributed by atoms with E-state index in [0.29, 0.717) is 33.9 Å². The number of nitrogens with zero attached hydrogens (tertiary/aromatic N) is 3. The average molecular weight is 387 g/mol. The second kappa shape index (κ2) is 7.81. The van der Waals surface area contributed by atoms with Gasteiger partial charge in [0.05, 0.1) is 19.0 Å². The van der Waals surface area contributed by atoms with Gasteiger partial charge in [-0.1, -0.05) is 18.2 Å². The smallest absolute Gasteiger partial charge is 0.261 e. The molecule has 4 rings (SSSR count). The van der Waals surface area contributed by atoms with E-state index in [9.17, 15) is 9.59 Å². The molecule has 2 aromatic carbocycles. The van der Waals surface area contributed by atoms with Crippen LogP contribution in [0.5, 0.6) is 5.75 Å². The van der Waals surface area contributed by atoms with Gasteiger partial charge in [0.25, 0.3) is 11.8 Å². The van der Waals surface area contributed by atoms with Crippen LogP contribution in [-0.2, 0) is 0 Å². The van der Waals surface area contributed by atoms with E-state index in [1.165, 1.54) is 17.8 Å². The maximum Gasteiger partial charge on any atom is 0.261 e. The number of aromatic nitrogens is 3. The number of rotatable bonds is 5. The number of amides is 2. The Morgan fingerprint density at radius 3 is 2.62 bits per heavy atom. The van der Waals surface area contributed by atoms with E-state index < -0.39 is 0 Å². The summed E-state index contributed by atoms with van der Waals surface area (Å²) in [5.41, 5.74) is 2.31. The molecule has 8 nitrogen and oxygen atoms in total. The van der Waals surface area contributed by atoms with Crippen molar-refractivity contribution in [1.82, 2.24) is 14.6 Å². The van der Waals surface area contributed by atoms with Gasteiger partial charge in [0, 0.05) is 23.6 Å². The molecular formula is C21H17N5O3. The zero-order valence-corrected chi connectivity index (χ0v) is 15.5. The molecule has 2 aromatic heterocycles. The molecule has 0 unspecified atom stereocenters. The second-order valence-electron chi connectivity index (χ2n) is 6.14. The van der Waals surface area contributed by atoms with Crippen LogP contribution in [0.2, 0.25) is 0 Å². The van der Waals surface area contributed by atoms with Gasteiger partial charge >= 0.3 is 0 Å². The van der Waals surface area contributed by atoms with Gasteiger partial charge in [0.15, 0.2) is 5.65 Å². The number of benzene rings is 2. The van der Waals surface area contributed by atoms with Crippen LogP contribution in [0, 0.1) is 0 Å². The molecule has 29 heavy (non-hydrogen) atoms. The standard InChI is InChI=1S/C21H17N5O3/c1-29-18-12-14(20(27)24-15-6-3-2-4-7-15)8-9-17(18)25-21(28)16-13-23-26-11-5-10-22-19(16)26/h2-13H,1H3,(H,24,27)(H,25,28). The summed E-state index contributed by atoms with van der Waals surface area (Å²) in [4.78, 5) is 29.3. The van der Waals surface area contributed by atoms with E-state index in [2.05, 4.69) is 20.7 Å². The number of hydrogen-bond acceptors (Lipinski definition) is 5. The van der Waals surface area contributed by atoms with Crippen LogP contribution in [0.4, 0.5) is 11.4 Å². The van der Waals surface area contributed by atoms with Crippen LogP contribution >= 0.6 is 0 Å². The summed E-state index contributed by atoms with van der Waals surface area (Å²) >= 11 is 0. The molecule has 2 N–H and O–H groups in total. The Bertz CT molecular complexity index is 1190. The first-order valence-electron chi connectivity index (χ1n) is 8.80. The predicted octanol–water partition coefficient (Wildman–Crippen LogP) is 3.24. The number of nitrogens with one attached hydrogen (secondary N) is 2.